The van der Waals surface area contributed by atoms with Crippen molar-refractivity contribution in [3.05, 3.63) is 88.7 Å². The van der Waals surface area contributed by atoms with Crippen molar-refractivity contribution in [2.24, 2.45) is 0 Å². The summed E-state index contributed by atoms with van der Waals surface area (Å²) in [5, 5.41) is 9.70. The molecule has 28 heavy (non-hydrogen) atoms. The molecule has 0 aliphatic heterocycles. The molecule has 0 saturated carbocycles. The number of carbonyl (C=O) groups is 1. The van der Waals surface area contributed by atoms with E-state index in [-0.39, 0.29) is 5.91 Å². The van der Waals surface area contributed by atoms with Crippen molar-refractivity contribution in [2.75, 3.05) is 0 Å². The van der Waals surface area contributed by atoms with Crippen molar-refractivity contribution < 1.29 is 4.79 Å². The molecular formula is C22H20N4OS. The zero-order valence-electron chi connectivity index (χ0n) is 15.7. The van der Waals surface area contributed by atoms with Gasteiger partial charge in [-0.15, -0.1) is 11.3 Å². The number of thiophene rings is 1. The summed E-state index contributed by atoms with van der Waals surface area (Å²) in [7, 11) is 0. The highest BCUT2D eigenvalue weighted by Crippen LogP contribution is 2.27. The van der Waals surface area contributed by atoms with Gasteiger partial charge in [0.2, 0.25) is 0 Å². The van der Waals surface area contributed by atoms with Gasteiger partial charge in [-0.3, -0.25) is 9.78 Å². The first-order chi connectivity index (χ1) is 13.6. The molecule has 0 radical (unpaired) electrons. The number of benzene rings is 1. The number of aryl methyl sites for hydroxylation is 2. The van der Waals surface area contributed by atoms with Crippen LogP contribution in [-0.4, -0.2) is 20.7 Å². The number of nitrogens with zero attached hydrogens (tertiary/aromatic N) is 3. The third kappa shape index (κ3) is 3.73. The van der Waals surface area contributed by atoms with Crippen LogP contribution in [0, 0.1) is 13.8 Å². The number of hydrogen-bond acceptors (Lipinski definition) is 4. The van der Waals surface area contributed by atoms with Crippen LogP contribution >= 0.6 is 11.3 Å². The van der Waals surface area contributed by atoms with E-state index in [4.69, 9.17) is 5.10 Å². The minimum atomic E-state index is -0.180. The molecular weight excluding hydrogens is 368 g/mol. The van der Waals surface area contributed by atoms with E-state index in [9.17, 15) is 4.79 Å². The molecule has 0 unspecified atom stereocenters. The molecule has 3 aromatic heterocycles. The minimum absolute atomic E-state index is 0.180. The van der Waals surface area contributed by atoms with Crippen LogP contribution in [0.4, 0.5) is 0 Å². The van der Waals surface area contributed by atoms with Gasteiger partial charge in [0.15, 0.2) is 0 Å². The molecule has 6 heteroatoms. The summed E-state index contributed by atoms with van der Waals surface area (Å²) in [4.78, 5) is 18.3. The number of pyridine rings is 1. The lowest BCUT2D eigenvalue weighted by Crippen LogP contribution is -2.26. The molecule has 0 bridgehead atoms. The van der Waals surface area contributed by atoms with E-state index in [1.165, 1.54) is 5.56 Å². The van der Waals surface area contributed by atoms with Crippen LogP contribution in [0.5, 0.6) is 0 Å². The molecule has 0 fully saturated rings. The molecule has 5 nitrogen and oxygen atoms in total. The molecule has 0 spiro atoms. The summed E-state index contributed by atoms with van der Waals surface area (Å²) in [6.45, 7) is 4.45. The van der Waals surface area contributed by atoms with Crippen molar-refractivity contribution in [3.8, 4) is 16.3 Å². The lowest BCUT2D eigenvalue weighted by Gasteiger charge is -2.11. The second-order valence-electron chi connectivity index (χ2n) is 6.60. The molecule has 3 heterocycles. The summed E-state index contributed by atoms with van der Waals surface area (Å²) in [5.41, 5.74) is 5.25. The number of rotatable bonds is 5. The average Bonchev–Trinajstić information content (AvgIpc) is 3.37. The van der Waals surface area contributed by atoms with Gasteiger partial charge in [-0.1, -0.05) is 29.8 Å². The van der Waals surface area contributed by atoms with E-state index in [0.717, 1.165) is 27.5 Å². The van der Waals surface area contributed by atoms with Crippen molar-refractivity contribution >= 4 is 17.2 Å². The Hall–Kier alpha value is -3.25. The smallest absolute Gasteiger partial charge is 0.270 e. The first-order valence-electron chi connectivity index (χ1n) is 9.01. The standard InChI is InChI=1S/C22H20N4OS/c1-15-8-9-19(16(2)12-15)26-20(13-18(25-26)21-7-5-11-28-21)22(27)24-14-17-6-3-4-10-23-17/h3-13H,14H2,1-2H3,(H,24,27). The Morgan fingerprint density at radius 1 is 1.11 bits per heavy atom. The quantitative estimate of drug-likeness (QED) is 0.546. The van der Waals surface area contributed by atoms with E-state index in [2.05, 4.69) is 23.3 Å². The summed E-state index contributed by atoms with van der Waals surface area (Å²) in [6.07, 6.45) is 1.72. The van der Waals surface area contributed by atoms with Gasteiger partial charge in [-0.05, 0) is 55.1 Å². The van der Waals surface area contributed by atoms with Gasteiger partial charge in [-0.25, -0.2) is 4.68 Å². The second-order valence-corrected chi connectivity index (χ2v) is 7.55. The largest absolute Gasteiger partial charge is 0.345 e. The first kappa shape index (κ1) is 18.1. The first-order valence-corrected chi connectivity index (χ1v) is 9.89. The predicted octanol–water partition coefficient (Wildman–Crippen LogP) is 4.54. The van der Waals surface area contributed by atoms with Crippen LogP contribution in [-0.2, 0) is 6.54 Å². The Balaban J connectivity index is 1.71. The Labute approximate surface area is 167 Å². The molecule has 0 saturated heterocycles. The van der Waals surface area contributed by atoms with Crippen molar-refractivity contribution in [3.63, 3.8) is 0 Å². The molecule has 0 aliphatic rings. The molecule has 0 atom stereocenters. The molecule has 140 valence electrons. The third-order valence-electron chi connectivity index (χ3n) is 4.45. The SMILES string of the molecule is Cc1ccc(-n2nc(-c3cccs3)cc2C(=O)NCc2ccccn2)c(C)c1. The lowest BCUT2D eigenvalue weighted by molar-refractivity contribution is 0.0942. The number of aromatic nitrogens is 3. The van der Waals surface area contributed by atoms with Gasteiger partial charge in [-0.2, -0.15) is 5.10 Å². The van der Waals surface area contributed by atoms with E-state index >= 15 is 0 Å². The fourth-order valence-corrected chi connectivity index (χ4v) is 3.76. The van der Waals surface area contributed by atoms with Crippen LogP contribution in [0.1, 0.15) is 27.3 Å². The number of amides is 1. The van der Waals surface area contributed by atoms with Crippen LogP contribution < -0.4 is 5.32 Å². The zero-order valence-corrected chi connectivity index (χ0v) is 16.5. The Kier molecular flexibility index (Phi) is 5.04. The van der Waals surface area contributed by atoms with Gasteiger partial charge in [0.25, 0.3) is 5.91 Å². The molecule has 0 aliphatic carbocycles. The van der Waals surface area contributed by atoms with Crippen LogP contribution in [0.15, 0.2) is 66.2 Å². The normalized spacial score (nSPS) is 10.8. The summed E-state index contributed by atoms with van der Waals surface area (Å²) >= 11 is 1.60. The van der Waals surface area contributed by atoms with E-state index < -0.39 is 0 Å². The van der Waals surface area contributed by atoms with Gasteiger partial charge >= 0.3 is 0 Å². The van der Waals surface area contributed by atoms with E-state index in [1.54, 1.807) is 22.2 Å². The highest BCUT2D eigenvalue weighted by atomic mass is 32.1. The van der Waals surface area contributed by atoms with Crippen LogP contribution in [0.3, 0.4) is 0 Å². The molecule has 4 rings (SSSR count). The summed E-state index contributed by atoms with van der Waals surface area (Å²) in [6, 6.07) is 17.6. The maximum atomic E-state index is 13.0. The average molecular weight is 388 g/mol. The highest BCUT2D eigenvalue weighted by Gasteiger charge is 2.19. The van der Waals surface area contributed by atoms with Gasteiger partial charge < -0.3 is 5.32 Å². The third-order valence-corrected chi connectivity index (χ3v) is 5.34. The second kappa shape index (κ2) is 7.78. The fraction of sp³-hybridized carbons (Fsp3) is 0.136. The highest BCUT2D eigenvalue weighted by molar-refractivity contribution is 7.13. The van der Waals surface area contributed by atoms with E-state index in [1.807, 2.05) is 60.8 Å². The van der Waals surface area contributed by atoms with Crippen LogP contribution in [0.25, 0.3) is 16.3 Å². The van der Waals surface area contributed by atoms with Crippen molar-refractivity contribution in [2.45, 2.75) is 20.4 Å². The van der Waals surface area contributed by atoms with Crippen LogP contribution in [0.2, 0.25) is 0 Å². The van der Waals surface area contributed by atoms with Gasteiger partial charge in [0.1, 0.15) is 11.4 Å². The Morgan fingerprint density at radius 3 is 2.71 bits per heavy atom. The predicted molar refractivity (Wildman–Crippen MR) is 112 cm³/mol. The van der Waals surface area contributed by atoms with Gasteiger partial charge in [0.05, 0.1) is 22.8 Å². The summed E-state index contributed by atoms with van der Waals surface area (Å²) < 4.78 is 1.73. The maximum absolute atomic E-state index is 13.0. The van der Waals surface area contributed by atoms with Crippen molar-refractivity contribution in [1.29, 1.82) is 0 Å². The molecule has 1 N–H and O–H groups in total. The number of carbonyl (C=O) groups excluding carboxylic acids is 1. The molecule has 1 amide bonds. The van der Waals surface area contributed by atoms with E-state index in [0.29, 0.717) is 12.2 Å². The monoisotopic (exact) mass is 388 g/mol. The van der Waals surface area contributed by atoms with Crippen molar-refractivity contribution in [1.82, 2.24) is 20.1 Å². The van der Waals surface area contributed by atoms with Gasteiger partial charge in [0, 0.05) is 6.20 Å². The topological polar surface area (TPSA) is 59.8 Å². The molecule has 4 aromatic rings. The maximum Gasteiger partial charge on any atom is 0.270 e. The lowest BCUT2D eigenvalue weighted by atomic mass is 10.1. The number of hydrogen-bond donors (Lipinski definition) is 1. The Morgan fingerprint density at radius 2 is 2.00 bits per heavy atom. The summed E-state index contributed by atoms with van der Waals surface area (Å²) in [5.74, 6) is -0.180. The zero-order chi connectivity index (χ0) is 19.5. The fourth-order valence-electron chi connectivity index (χ4n) is 3.08. The minimum Gasteiger partial charge on any atom is -0.345 e. The number of nitrogens with one attached hydrogen (secondary N) is 1. The Bertz CT molecular complexity index is 1100. The molecule has 1 aromatic carbocycles.